The predicted molar refractivity (Wildman–Crippen MR) is 88.9 cm³/mol. The van der Waals surface area contributed by atoms with Crippen LogP contribution in [0.3, 0.4) is 0 Å². The van der Waals surface area contributed by atoms with E-state index in [4.69, 9.17) is 9.05 Å². The maximum atomic E-state index is 13.2. The van der Waals surface area contributed by atoms with Crippen LogP contribution in [0.25, 0.3) is 0 Å². The first kappa shape index (κ1) is 18.0. The SMILES string of the molecule is CCN(CC(=O)[O-])CP(=O)(Oc1ccccc1)Oc1ccccc1. The Morgan fingerprint density at radius 3 is 1.83 bits per heavy atom. The third kappa shape index (κ3) is 5.72. The highest BCUT2D eigenvalue weighted by Crippen LogP contribution is 2.48. The molecule has 0 spiro atoms. The molecule has 2 rings (SSSR count). The third-order valence-electron chi connectivity index (χ3n) is 3.15. The number of carboxylic acid groups (broad SMARTS) is 1. The minimum atomic E-state index is -3.66. The topological polar surface area (TPSA) is 78.9 Å². The van der Waals surface area contributed by atoms with E-state index in [9.17, 15) is 14.5 Å². The van der Waals surface area contributed by atoms with Gasteiger partial charge in [-0.2, -0.15) is 0 Å². The van der Waals surface area contributed by atoms with Crippen molar-refractivity contribution in [2.45, 2.75) is 6.92 Å². The number of carbonyl (C=O) groups is 1. The van der Waals surface area contributed by atoms with Crippen molar-refractivity contribution >= 4 is 13.6 Å². The van der Waals surface area contributed by atoms with Crippen LogP contribution in [0.1, 0.15) is 6.92 Å². The van der Waals surface area contributed by atoms with Crippen LogP contribution < -0.4 is 14.2 Å². The first-order chi connectivity index (χ1) is 11.5. The van der Waals surface area contributed by atoms with Gasteiger partial charge < -0.3 is 18.9 Å². The fourth-order valence-electron chi connectivity index (χ4n) is 2.05. The third-order valence-corrected chi connectivity index (χ3v) is 4.87. The molecule has 0 bridgehead atoms. The van der Waals surface area contributed by atoms with Crippen LogP contribution in [0.2, 0.25) is 0 Å². The summed E-state index contributed by atoms with van der Waals surface area (Å²) < 4.78 is 24.4. The maximum Gasteiger partial charge on any atom is 0.444 e. The number of aliphatic carboxylic acids is 1. The standard InChI is InChI=1S/C17H20NO5P/c1-2-18(13-17(19)20)14-24(21,22-15-9-5-3-6-10-15)23-16-11-7-4-8-12-16/h3-12H,2,13-14H2,1H3,(H,19,20)/p-1. The van der Waals surface area contributed by atoms with Crippen molar-refractivity contribution < 1.29 is 23.5 Å². The molecule has 0 aromatic heterocycles. The number of carbonyl (C=O) groups excluding carboxylic acids is 1. The highest BCUT2D eigenvalue weighted by molar-refractivity contribution is 7.54. The van der Waals surface area contributed by atoms with Crippen molar-refractivity contribution in [2.75, 3.05) is 19.4 Å². The minimum Gasteiger partial charge on any atom is -0.549 e. The lowest BCUT2D eigenvalue weighted by molar-refractivity contribution is -0.306. The Labute approximate surface area is 141 Å². The van der Waals surface area contributed by atoms with Crippen LogP contribution in [-0.2, 0) is 9.36 Å². The number of rotatable bonds is 9. The van der Waals surface area contributed by atoms with Crippen molar-refractivity contribution in [3.63, 3.8) is 0 Å². The maximum absolute atomic E-state index is 13.2. The quantitative estimate of drug-likeness (QED) is 0.648. The molecule has 0 fully saturated rings. The Morgan fingerprint density at radius 2 is 1.46 bits per heavy atom. The Hall–Kier alpha value is -2.30. The number of para-hydroxylation sites is 2. The summed E-state index contributed by atoms with van der Waals surface area (Å²) in [5.74, 6) is -0.467. The number of hydrogen-bond acceptors (Lipinski definition) is 6. The summed E-state index contributed by atoms with van der Waals surface area (Å²) in [7, 11) is -3.66. The first-order valence-electron chi connectivity index (χ1n) is 7.51. The van der Waals surface area contributed by atoms with E-state index in [1.165, 1.54) is 4.90 Å². The van der Waals surface area contributed by atoms with Crippen molar-refractivity contribution in [3.8, 4) is 11.5 Å². The smallest absolute Gasteiger partial charge is 0.444 e. The molecule has 24 heavy (non-hydrogen) atoms. The molecule has 2 aromatic carbocycles. The highest BCUT2D eigenvalue weighted by atomic mass is 31.2. The van der Waals surface area contributed by atoms with Gasteiger partial charge in [0.2, 0.25) is 0 Å². The van der Waals surface area contributed by atoms with Crippen molar-refractivity contribution in [2.24, 2.45) is 0 Å². The molecule has 0 N–H and O–H groups in total. The molecule has 128 valence electrons. The summed E-state index contributed by atoms with van der Waals surface area (Å²) in [5, 5.41) is 10.8. The predicted octanol–water partition coefficient (Wildman–Crippen LogP) is 2.37. The van der Waals surface area contributed by atoms with E-state index in [0.717, 1.165) is 0 Å². The molecule has 0 radical (unpaired) electrons. The Balaban J connectivity index is 2.22. The zero-order valence-electron chi connectivity index (χ0n) is 13.3. The van der Waals surface area contributed by atoms with Gasteiger partial charge >= 0.3 is 7.60 Å². The molecule has 0 aliphatic heterocycles. The lowest BCUT2D eigenvalue weighted by Crippen LogP contribution is -2.39. The summed E-state index contributed by atoms with van der Waals surface area (Å²) in [4.78, 5) is 12.3. The molecule has 0 heterocycles. The van der Waals surface area contributed by atoms with Gasteiger partial charge in [-0.05, 0) is 30.8 Å². The van der Waals surface area contributed by atoms with Gasteiger partial charge in [-0.3, -0.25) is 4.90 Å². The van der Waals surface area contributed by atoms with Gasteiger partial charge in [0.25, 0.3) is 0 Å². The van der Waals surface area contributed by atoms with Crippen LogP contribution in [-0.4, -0.2) is 30.2 Å². The van der Waals surface area contributed by atoms with Crippen LogP contribution >= 0.6 is 7.60 Å². The van der Waals surface area contributed by atoms with Crippen molar-refractivity contribution in [3.05, 3.63) is 60.7 Å². The molecular formula is C17H19NO5P-. The second kappa shape index (κ2) is 8.52. The van der Waals surface area contributed by atoms with Crippen LogP contribution in [0, 0.1) is 0 Å². The monoisotopic (exact) mass is 348 g/mol. The normalized spacial score (nSPS) is 11.2. The van der Waals surface area contributed by atoms with E-state index in [1.807, 2.05) is 12.1 Å². The van der Waals surface area contributed by atoms with Crippen LogP contribution in [0.15, 0.2) is 60.7 Å². The summed E-state index contributed by atoms with van der Waals surface area (Å²) in [6.07, 6.45) is -0.165. The largest absolute Gasteiger partial charge is 0.549 e. The Bertz CT molecular complexity index is 647. The number of benzene rings is 2. The van der Waals surface area contributed by atoms with Crippen LogP contribution in [0.4, 0.5) is 0 Å². The average molecular weight is 348 g/mol. The van der Waals surface area contributed by atoms with Crippen molar-refractivity contribution in [1.82, 2.24) is 4.90 Å². The van der Waals surface area contributed by atoms with Gasteiger partial charge in [0.05, 0.1) is 5.97 Å². The summed E-state index contributed by atoms with van der Waals surface area (Å²) >= 11 is 0. The summed E-state index contributed by atoms with van der Waals surface area (Å²) in [5.41, 5.74) is 0. The molecule has 2 aromatic rings. The molecule has 0 amide bonds. The van der Waals surface area contributed by atoms with Gasteiger partial charge in [-0.15, -0.1) is 0 Å². The zero-order chi connectivity index (χ0) is 17.4. The molecule has 7 heteroatoms. The van der Waals surface area contributed by atoms with E-state index in [1.54, 1.807) is 55.5 Å². The molecule has 0 aliphatic rings. The van der Waals surface area contributed by atoms with Gasteiger partial charge in [-0.25, -0.2) is 4.57 Å². The Kier molecular flexibility index (Phi) is 6.41. The zero-order valence-corrected chi connectivity index (χ0v) is 14.2. The van der Waals surface area contributed by atoms with Gasteiger partial charge in [0.15, 0.2) is 0 Å². The van der Waals surface area contributed by atoms with E-state index in [2.05, 4.69) is 0 Å². The number of hydrogen-bond donors (Lipinski definition) is 0. The summed E-state index contributed by atoms with van der Waals surface area (Å²) in [6, 6.07) is 17.3. The first-order valence-corrected chi connectivity index (χ1v) is 9.24. The molecule has 0 aliphatic carbocycles. The number of carboxylic acids is 1. The number of nitrogens with zero attached hydrogens (tertiary/aromatic N) is 1. The van der Waals surface area contributed by atoms with E-state index in [-0.39, 0.29) is 12.8 Å². The van der Waals surface area contributed by atoms with Gasteiger partial charge in [0, 0.05) is 6.54 Å². The van der Waals surface area contributed by atoms with Gasteiger partial charge in [-0.1, -0.05) is 43.3 Å². The molecule has 0 unspecified atom stereocenters. The minimum absolute atomic E-state index is 0.165. The van der Waals surface area contributed by atoms with E-state index >= 15 is 0 Å². The molecule has 6 nitrogen and oxygen atoms in total. The molecule has 0 atom stereocenters. The van der Waals surface area contributed by atoms with Crippen LogP contribution in [0.5, 0.6) is 11.5 Å². The fraction of sp³-hybridized carbons (Fsp3) is 0.235. The second-order valence-corrected chi connectivity index (χ2v) is 6.95. The van der Waals surface area contributed by atoms with Gasteiger partial charge in [0.1, 0.15) is 17.8 Å². The summed E-state index contributed by atoms with van der Waals surface area (Å²) in [6.45, 7) is 1.78. The van der Waals surface area contributed by atoms with E-state index in [0.29, 0.717) is 18.0 Å². The average Bonchev–Trinajstić information content (AvgIpc) is 2.55. The molecule has 0 saturated carbocycles. The molecule has 0 saturated heterocycles. The second-order valence-electron chi connectivity index (χ2n) is 5.08. The lowest BCUT2D eigenvalue weighted by Gasteiger charge is -2.26. The molecular weight excluding hydrogens is 329 g/mol. The lowest BCUT2D eigenvalue weighted by atomic mass is 10.3. The van der Waals surface area contributed by atoms with E-state index < -0.39 is 13.6 Å². The fourth-order valence-corrected chi connectivity index (χ4v) is 3.88. The highest BCUT2D eigenvalue weighted by Gasteiger charge is 2.31. The Morgan fingerprint density at radius 1 is 1.00 bits per heavy atom. The van der Waals surface area contributed by atoms with Crippen molar-refractivity contribution in [1.29, 1.82) is 0 Å². The number of likely N-dealkylation sites (N-methyl/N-ethyl adjacent to an activating group) is 1.